The zero-order chi connectivity index (χ0) is 21.7. The van der Waals surface area contributed by atoms with E-state index in [0.717, 1.165) is 17.7 Å². The molecule has 164 valence electrons. The van der Waals surface area contributed by atoms with Crippen LogP contribution >= 0.6 is 0 Å². The molecule has 2 amide bonds. The summed E-state index contributed by atoms with van der Waals surface area (Å²) in [5.74, 6) is 0.350. The first-order chi connectivity index (χ1) is 14.3. The number of hydrogen-bond donors (Lipinski definition) is 3. The van der Waals surface area contributed by atoms with Gasteiger partial charge in [0.15, 0.2) is 5.82 Å². The molecule has 1 fully saturated rings. The van der Waals surface area contributed by atoms with Crippen LogP contribution in [-0.2, 0) is 23.0 Å². The number of hydrogen-bond acceptors (Lipinski definition) is 5. The lowest BCUT2D eigenvalue weighted by atomic mass is 10.0. The molecule has 3 atom stereocenters. The molecule has 1 saturated carbocycles. The lowest BCUT2D eigenvalue weighted by Crippen LogP contribution is -2.36. The summed E-state index contributed by atoms with van der Waals surface area (Å²) in [6, 6.07) is 1.12. The number of aromatic nitrogens is 4. The number of carbonyl (C=O) groups excluding carboxylic acids is 2. The first-order valence-electron chi connectivity index (χ1n) is 9.86. The van der Waals surface area contributed by atoms with Gasteiger partial charge in [0.2, 0.25) is 12.3 Å². The number of aryl methyl sites for hydroxylation is 1. The lowest BCUT2D eigenvalue weighted by Gasteiger charge is -2.16. The fraction of sp³-hybridized carbons (Fsp3) is 0.579. The van der Waals surface area contributed by atoms with Crippen LogP contribution in [0.3, 0.4) is 0 Å². The van der Waals surface area contributed by atoms with E-state index in [1.54, 1.807) is 30.2 Å². The predicted molar refractivity (Wildman–Crippen MR) is 104 cm³/mol. The highest BCUT2D eigenvalue weighted by atomic mass is 19.3. The summed E-state index contributed by atoms with van der Waals surface area (Å²) in [4.78, 5) is 24.0. The van der Waals surface area contributed by atoms with Gasteiger partial charge in [-0.2, -0.15) is 10.2 Å². The Kier molecular flexibility index (Phi) is 7.01. The Labute approximate surface area is 172 Å². The highest BCUT2D eigenvalue weighted by Crippen LogP contribution is 2.35. The molecule has 0 spiro atoms. The van der Waals surface area contributed by atoms with Crippen LogP contribution in [0.4, 0.5) is 19.4 Å². The van der Waals surface area contributed by atoms with E-state index in [1.807, 2.05) is 0 Å². The Morgan fingerprint density at radius 1 is 1.40 bits per heavy atom. The molecule has 30 heavy (non-hydrogen) atoms. The molecule has 1 aliphatic carbocycles. The van der Waals surface area contributed by atoms with E-state index < -0.39 is 25.0 Å². The Morgan fingerprint density at radius 2 is 2.20 bits per heavy atom. The SMILES string of the molecule is CC(CC(F)F)NC(=O)O[C@@H]1CC[C@H](c2cc(NC(=O)Cc3cnn(C)c3)n[nH]2)C1. The van der Waals surface area contributed by atoms with E-state index >= 15 is 0 Å². The minimum atomic E-state index is -2.48. The van der Waals surface area contributed by atoms with Gasteiger partial charge in [0.25, 0.3) is 0 Å². The summed E-state index contributed by atoms with van der Waals surface area (Å²) in [5.41, 5.74) is 1.66. The lowest BCUT2D eigenvalue weighted by molar-refractivity contribution is -0.115. The molecule has 0 bridgehead atoms. The van der Waals surface area contributed by atoms with E-state index in [4.69, 9.17) is 4.74 Å². The summed E-state index contributed by atoms with van der Waals surface area (Å²) < 4.78 is 31.7. The second-order valence-electron chi connectivity index (χ2n) is 7.67. The third kappa shape index (κ3) is 6.26. The number of H-pyrrole nitrogens is 1. The number of aromatic amines is 1. The summed E-state index contributed by atoms with van der Waals surface area (Å²) >= 11 is 0. The fourth-order valence-corrected chi connectivity index (χ4v) is 3.59. The molecule has 3 N–H and O–H groups in total. The van der Waals surface area contributed by atoms with Crippen LogP contribution in [-0.4, -0.2) is 50.5 Å². The quantitative estimate of drug-likeness (QED) is 0.603. The maximum Gasteiger partial charge on any atom is 0.407 e. The van der Waals surface area contributed by atoms with Gasteiger partial charge in [0.1, 0.15) is 6.10 Å². The number of anilines is 1. The predicted octanol–water partition coefficient (Wildman–Crippen LogP) is 2.73. The van der Waals surface area contributed by atoms with E-state index in [0.29, 0.717) is 18.7 Å². The van der Waals surface area contributed by atoms with Crippen molar-refractivity contribution in [1.82, 2.24) is 25.3 Å². The standard InChI is InChI=1S/C19H26F2N6O3/c1-11(5-16(20)21)23-19(29)30-14-4-3-13(7-14)15-8-17(26-25-15)24-18(28)6-12-9-22-27(2)10-12/h8-11,13-14,16H,3-7H2,1-2H3,(H,23,29)(H2,24,25,26,28)/t11?,13-,14+/m0/s1. The molecule has 0 radical (unpaired) electrons. The van der Waals surface area contributed by atoms with Crippen LogP contribution in [0.5, 0.6) is 0 Å². The van der Waals surface area contributed by atoms with Gasteiger partial charge in [-0.15, -0.1) is 0 Å². The van der Waals surface area contributed by atoms with Crippen molar-refractivity contribution in [2.75, 3.05) is 5.32 Å². The van der Waals surface area contributed by atoms with Crippen molar-refractivity contribution in [3.05, 3.63) is 29.7 Å². The minimum Gasteiger partial charge on any atom is -0.446 e. The van der Waals surface area contributed by atoms with Gasteiger partial charge in [-0.05, 0) is 31.7 Å². The zero-order valence-corrected chi connectivity index (χ0v) is 16.9. The molecule has 9 nitrogen and oxygen atoms in total. The van der Waals surface area contributed by atoms with Gasteiger partial charge in [-0.3, -0.25) is 14.6 Å². The molecular formula is C19H26F2N6O3. The van der Waals surface area contributed by atoms with Crippen molar-refractivity contribution in [3.63, 3.8) is 0 Å². The van der Waals surface area contributed by atoms with E-state index in [1.165, 1.54) is 6.92 Å². The molecular weight excluding hydrogens is 398 g/mol. The van der Waals surface area contributed by atoms with Gasteiger partial charge in [0, 0.05) is 43.4 Å². The normalized spacial score (nSPS) is 19.6. The van der Waals surface area contributed by atoms with Crippen molar-refractivity contribution < 1.29 is 23.1 Å². The fourth-order valence-electron chi connectivity index (χ4n) is 3.59. The molecule has 11 heteroatoms. The smallest absolute Gasteiger partial charge is 0.407 e. The number of amides is 2. The largest absolute Gasteiger partial charge is 0.446 e. The zero-order valence-electron chi connectivity index (χ0n) is 16.9. The number of alkyl halides is 2. The molecule has 0 aromatic carbocycles. The second kappa shape index (κ2) is 9.68. The molecule has 0 saturated heterocycles. The number of rotatable bonds is 8. The number of ether oxygens (including phenoxy) is 1. The average Bonchev–Trinajstić information content (AvgIpc) is 3.36. The van der Waals surface area contributed by atoms with Crippen LogP contribution in [0.25, 0.3) is 0 Å². The van der Waals surface area contributed by atoms with Crippen LogP contribution in [0.15, 0.2) is 18.5 Å². The van der Waals surface area contributed by atoms with E-state index in [2.05, 4.69) is 25.9 Å². The van der Waals surface area contributed by atoms with Gasteiger partial charge in [0.05, 0.1) is 12.6 Å². The number of nitrogens with zero attached hydrogens (tertiary/aromatic N) is 3. The van der Waals surface area contributed by atoms with Crippen molar-refractivity contribution >= 4 is 17.8 Å². The van der Waals surface area contributed by atoms with E-state index in [-0.39, 0.29) is 24.3 Å². The molecule has 3 rings (SSSR count). The van der Waals surface area contributed by atoms with Crippen molar-refractivity contribution in [2.45, 2.75) is 63.5 Å². The van der Waals surface area contributed by atoms with Crippen LogP contribution in [0.1, 0.15) is 49.8 Å². The van der Waals surface area contributed by atoms with Crippen LogP contribution in [0, 0.1) is 0 Å². The number of halogens is 2. The Hall–Kier alpha value is -2.98. The summed E-state index contributed by atoms with van der Waals surface area (Å²) in [6.45, 7) is 1.51. The monoisotopic (exact) mass is 424 g/mol. The van der Waals surface area contributed by atoms with Gasteiger partial charge in [-0.25, -0.2) is 13.6 Å². The molecule has 2 aromatic heterocycles. The van der Waals surface area contributed by atoms with Crippen molar-refractivity contribution in [1.29, 1.82) is 0 Å². The first kappa shape index (κ1) is 21.7. The first-order valence-corrected chi connectivity index (χ1v) is 9.86. The number of nitrogens with one attached hydrogen (secondary N) is 3. The van der Waals surface area contributed by atoms with E-state index in [9.17, 15) is 18.4 Å². The summed E-state index contributed by atoms with van der Waals surface area (Å²) in [5, 5.41) is 16.3. The van der Waals surface area contributed by atoms with Gasteiger partial charge >= 0.3 is 6.09 Å². The average molecular weight is 424 g/mol. The maximum atomic E-state index is 12.3. The maximum absolute atomic E-state index is 12.3. The number of carbonyl (C=O) groups is 2. The summed E-state index contributed by atoms with van der Waals surface area (Å²) in [6.07, 6.45) is 1.82. The Morgan fingerprint density at radius 3 is 2.90 bits per heavy atom. The third-order valence-electron chi connectivity index (χ3n) is 4.98. The minimum absolute atomic E-state index is 0.109. The van der Waals surface area contributed by atoms with Gasteiger partial charge < -0.3 is 15.4 Å². The van der Waals surface area contributed by atoms with Gasteiger partial charge in [-0.1, -0.05) is 0 Å². The third-order valence-corrected chi connectivity index (χ3v) is 4.98. The Bertz CT molecular complexity index is 868. The second-order valence-corrected chi connectivity index (χ2v) is 7.67. The molecule has 2 aromatic rings. The Balaban J connectivity index is 1.44. The molecule has 1 unspecified atom stereocenters. The van der Waals surface area contributed by atoms with Crippen molar-refractivity contribution in [3.8, 4) is 0 Å². The number of alkyl carbamates (subject to hydrolysis) is 1. The van der Waals surface area contributed by atoms with Crippen LogP contribution < -0.4 is 10.6 Å². The van der Waals surface area contributed by atoms with Crippen molar-refractivity contribution in [2.24, 2.45) is 7.05 Å². The van der Waals surface area contributed by atoms with Crippen LogP contribution in [0.2, 0.25) is 0 Å². The topological polar surface area (TPSA) is 114 Å². The molecule has 0 aliphatic heterocycles. The molecule has 2 heterocycles. The molecule has 1 aliphatic rings. The highest BCUT2D eigenvalue weighted by Gasteiger charge is 2.30. The highest BCUT2D eigenvalue weighted by molar-refractivity contribution is 5.91. The summed E-state index contributed by atoms with van der Waals surface area (Å²) in [7, 11) is 1.79.